The second-order valence-corrected chi connectivity index (χ2v) is 7.99. The lowest BCUT2D eigenvalue weighted by molar-refractivity contribution is 0.0578. The van der Waals surface area contributed by atoms with E-state index in [4.69, 9.17) is 5.10 Å². The summed E-state index contributed by atoms with van der Waals surface area (Å²) in [4.78, 5) is 2.35. The van der Waals surface area contributed by atoms with Crippen LogP contribution in [0.5, 0.6) is 0 Å². The van der Waals surface area contributed by atoms with Gasteiger partial charge < -0.3 is 10.0 Å². The molecule has 23 heavy (non-hydrogen) atoms. The van der Waals surface area contributed by atoms with Crippen LogP contribution in [0.25, 0.3) is 5.69 Å². The second-order valence-electron chi connectivity index (χ2n) is 7.99. The number of rotatable bonds is 4. The van der Waals surface area contributed by atoms with Gasteiger partial charge in [0.1, 0.15) is 5.69 Å². The minimum absolute atomic E-state index is 0.291. The standard InChI is InChI=1S/C17H27N5O/c1-16(2)7-5-9-20(12-16)15-14(22-10-6-8-18-22)11-21(19-15)13-17(3,4)23/h6,8,10-11,23H,5,7,9,12-13H2,1-4H3. The van der Waals surface area contributed by atoms with Crippen molar-refractivity contribution in [2.75, 3.05) is 18.0 Å². The zero-order valence-corrected chi connectivity index (χ0v) is 14.5. The van der Waals surface area contributed by atoms with Crippen molar-refractivity contribution in [1.82, 2.24) is 19.6 Å². The fourth-order valence-electron chi connectivity index (χ4n) is 3.28. The molecule has 2 aromatic rings. The van der Waals surface area contributed by atoms with Crippen molar-refractivity contribution in [2.24, 2.45) is 5.41 Å². The molecule has 1 N–H and O–H groups in total. The highest BCUT2D eigenvalue weighted by Gasteiger charge is 2.30. The lowest BCUT2D eigenvalue weighted by Gasteiger charge is -2.38. The summed E-state index contributed by atoms with van der Waals surface area (Å²) in [6.07, 6.45) is 8.10. The fourth-order valence-corrected chi connectivity index (χ4v) is 3.28. The van der Waals surface area contributed by atoms with Crippen LogP contribution < -0.4 is 4.90 Å². The molecule has 0 radical (unpaired) electrons. The van der Waals surface area contributed by atoms with E-state index in [-0.39, 0.29) is 0 Å². The Hall–Kier alpha value is -1.82. The SMILES string of the molecule is CC(C)(O)Cn1cc(-n2cccn2)c(N2CCCC(C)(C)C2)n1. The molecule has 3 rings (SSSR count). The van der Waals surface area contributed by atoms with Crippen molar-refractivity contribution in [3.63, 3.8) is 0 Å². The van der Waals surface area contributed by atoms with Crippen molar-refractivity contribution < 1.29 is 5.11 Å². The molecular formula is C17H27N5O. The van der Waals surface area contributed by atoms with Crippen molar-refractivity contribution >= 4 is 5.82 Å². The van der Waals surface area contributed by atoms with Crippen LogP contribution in [0, 0.1) is 5.41 Å². The molecule has 0 atom stereocenters. The summed E-state index contributed by atoms with van der Waals surface area (Å²) < 4.78 is 3.68. The molecule has 3 heterocycles. The molecule has 1 aliphatic rings. The molecule has 1 fully saturated rings. The first kappa shape index (κ1) is 16.1. The molecule has 1 saturated heterocycles. The number of aromatic nitrogens is 4. The number of hydrogen-bond donors (Lipinski definition) is 1. The largest absolute Gasteiger partial charge is 0.389 e. The maximum absolute atomic E-state index is 10.1. The van der Waals surface area contributed by atoms with E-state index in [1.165, 1.54) is 12.8 Å². The predicted molar refractivity (Wildman–Crippen MR) is 90.9 cm³/mol. The van der Waals surface area contributed by atoms with E-state index in [0.717, 1.165) is 24.6 Å². The predicted octanol–water partition coefficient (Wildman–Crippen LogP) is 2.47. The van der Waals surface area contributed by atoms with E-state index >= 15 is 0 Å². The molecule has 0 unspecified atom stereocenters. The third-order valence-corrected chi connectivity index (χ3v) is 4.22. The van der Waals surface area contributed by atoms with Crippen molar-refractivity contribution in [1.29, 1.82) is 0 Å². The van der Waals surface area contributed by atoms with E-state index < -0.39 is 5.60 Å². The van der Waals surface area contributed by atoms with E-state index in [0.29, 0.717) is 12.0 Å². The Bertz CT molecular complexity index is 651. The van der Waals surface area contributed by atoms with E-state index in [1.807, 2.05) is 27.8 Å². The zero-order chi connectivity index (χ0) is 16.7. The Morgan fingerprint density at radius 3 is 2.74 bits per heavy atom. The molecular weight excluding hydrogens is 290 g/mol. The maximum atomic E-state index is 10.1. The van der Waals surface area contributed by atoms with Crippen LogP contribution in [0.15, 0.2) is 24.7 Å². The minimum Gasteiger partial charge on any atom is -0.389 e. The lowest BCUT2D eigenvalue weighted by atomic mass is 9.84. The Balaban J connectivity index is 1.97. The third kappa shape index (κ3) is 3.75. The molecule has 6 heteroatoms. The van der Waals surface area contributed by atoms with E-state index in [2.05, 4.69) is 23.8 Å². The lowest BCUT2D eigenvalue weighted by Crippen LogP contribution is -2.40. The molecule has 6 nitrogen and oxygen atoms in total. The average Bonchev–Trinajstić information content (AvgIpc) is 3.03. The van der Waals surface area contributed by atoms with Gasteiger partial charge in [0.25, 0.3) is 0 Å². The summed E-state index contributed by atoms with van der Waals surface area (Å²) in [7, 11) is 0. The Labute approximate surface area is 137 Å². The highest BCUT2D eigenvalue weighted by molar-refractivity contribution is 5.56. The molecule has 0 aromatic carbocycles. The first-order valence-electron chi connectivity index (χ1n) is 8.28. The van der Waals surface area contributed by atoms with Gasteiger partial charge in [0.15, 0.2) is 5.82 Å². The topological polar surface area (TPSA) is 59.1 Å². The molecule has 0 spiro atoms. The number of piperidine rings is 1. The molecule has 126 valence electrons. The summed E-state index contributed by atoms with van der Waals surface area (Å²) in [5, 5.41) is 19.2. The van der Waals surface area contributed by atoms with Gasteiger partial charge in [-0.05, 0) is 38.2 Å². The Morgan fingerprint density at radius 1 is 1.35 bits per heavy atom. The second kappa shape index (κ2) is 5.67. The summed E-state index contributed by atoms with van der Waals surface area (Å²) >= 11 is 0. The Morgan fingerprint density at radius 2 is 2.13 bits per heavy atom. The third-order valence-electron chi connectivity index (χ3n) is 4.22. The zero-order valence-electron chi connectivity index (χ0n) is 14.5. The van der Waals surface area contributed by atoms with Crippen LogP contribution in [0.2, 0.25) is 0 Å². The van der Waals surface area contributed by atoms with E-state index in [9.17, 15) is 5.11 Å². The number of hydrogen-bond acceptors (Lipinski definition) is 4. The highest BCUT2D eigenvalue weighted by Crippen LogP contribution is 2.33. The highest BCUT2D eigenvalue weighted by atomic mass is 16.3. The Kier molecular flexibility index (Phi) is 3.96. The molecule has 0 bridgehead atoms. The van der Waals surface area contributed by atoms with Gasteiger partial charge in [-0.15, -0.1) is 0 Å². The van der Waals surface area contributed by atoms with Gasteiger partial charge >= 0.3 is 0 Å². The minimum atomic E-state index is -0.800. The van der Waals surface area contributed by atoms with Gasteiger partial charge in [-0.2, -0.15) is 10.2 Å². The smallest absolute Gasteiger partial charge is 0.176 e. The molecule has 0 saturated carbocycles. The van der Waals surface area contributed by atoms with Crippen LogP contribution in [-0.4, -0.2) is 43.4 Å². The van der Waals surface area contributed by atoms with Gasteiger partial charge in [0.2, 0.25) is 0 Å². The summed E-state index contributed by atoms with van der Waals surface area (Å²) in [6.45, 7) is 10.7. The van der Waals surface area contributed by atoms with Crippen molar-refractivity contribution in [3.05, 3.63) is 24.7 Å². The van der Waals surface area contributed by atoms with Crippen LogP contribution in [0.1, 0.15) is 40.5 Å². The van der Waals surface area contributed by atoms with Gasteiger partial charge in [-0.1, -0.05) is 13.8 Å². The quantitative estimate of drug-likeness (QED) is 0.941. The van der Waals surface area contributed by atoms with Crippen molar-refractivity contribution in [2.45, 2.75) is 52.7 Å². The summed E-state index contributed by atoms with van der Waals surface area (Å²) in [6, 6.07) is 1.91. The number of aliphatic hydroxyl groups is 1. The molecule has 2 aromatic heterocycles. The molecule has 0 aliphatic carbocycles. The first-order valence-corrected chi connectivity index (χ1v) is 8.28. The first-order chi connectivity index (χ1) is 10.7. The van der Waals surface area contributed by atoms with Gasteiger partial charge in [0, 0.05) is 25.5 Å². The van der Waals surface area contributed by atoms with Crippen LogP contribution in [0.3, 0.4) is 0 Å². The number of anilines is 1. The average molecular weight is 317 g/mol. The van der Waals surface area contributed by atoms with Crippen LogP contribution in [0.4, 0.5) is 5.82 Å². The summed E-state index contributed by atoms with van der Waals surface area (Å²) in [5.74, 6) is 0.950. The van der Waals surface area contributed by atoms with Crippen molar-refractivity contribution in [3.8, 4) is 5.69 Å². The van der Waals surface area contributed by atoms with Gasteiger partial charge in [0.05, 0.1) is 18.3 Å². The summed E-state index contributed by atoms with van der Waals surface area (Å²) in [5.41, 5.74) is 0.461. The normalized spacial score (nSPS) is 18.4. The molecule has 1 aliphatic heterocycles. The number of nitrogens with zero attached hydrogens (tertiary/aromatic N) is 5. The fraction of sp³-hybridized carbons (Fsp3) is 0.647. The van der Waals surface area contributed by atoms with Gasteiger partial charge in [-0.3, -0.25) is 4.68 Å². The monoisotopic (exact) mass is 317 g/mol. The van der Waals surface area contributed by atoms with E-state index in [1.54, 1.807) is 20.0 Å². The van der Waals surface area contributed by atoms with Gasteiger partial charge in [-0.25, -0.2) is 4.68 Å². The van der Waals surface area contributed by atoms with Crippen LogP contribution in [-0.2, 0) is 6.54 Å². The maximum Gasteiger partial charge on any atom is 0.176 e. The molecule has 0 amide bonds. The van der Waals surface area contributed by atoms with Crippen LogP contribution >= 0.6 is 0 Å².